The molecule has 0 saturated heterocycles. The second-order valence-electron chi connectivity index (χ2n) is 4.71. The molecule has 0 bridgehead atoms. The summed E-state index contributed by atoms with van der Waals surface area (Å²) >= 11 is 0. The van der Waals surface area contributed by atoms with E-state index in [1.807, 2.05) is 42.5 Å². The number of Topliss-reactive ketones (excluding diaryl/α,β-unsaturated/α-hetero) is 1. The van der Waals surface area contributed by atoms with Crippen molar-refractivity contribution in [2.45, 2.75) is 13.5 Å². The van der Waals surface area contributed by atoms with E-state index in [1.54, 1.807) is 6.92 Å². The summed E-state index contributed by atoms with van der Waals surface area (Å²) < 4.78 is 5.18. The van der Waals surface area contributed by atoms with E-state index in [1.165, 1.54) is 0 Å². The predicted molar refractivity (Wildman–Crippen MR) is 74.3 cm³/mol. The number of carbonyl (C=O) groups is 1. The second kappa shape index (κ2) is 4.65. The topological polar surface area (TPSA) is 46.5 Å². The number of hydrogen-bond acceptors (Lipinski definition) is 3. The number of rotatable bonds is 2. The Balaban J connectivity index is 2.03. The first kappa shape index (κ1) is 12.1. The molecule has 0 aromatic heterocycles. The lowest BCUT2D eigenvalue weighted by Crippen LogP contribution is -2.27. The van der Waals surface area contributed by atoms with Crippen LogP contribution in [0.25, 0.3) is 11.1 Å². The molecule has 0 spiro atoms. The van der Waals surface area contributed by atoms with Crippen molar-refractivity contribution in [2.75, 3.05) is 0 Å². The normalized spacial score (nSPS) is 13.5. The molecular formula is C15H13BO3. The van der Waals surface area contributed by atoms with Crippen LogP contribution in [0, 0.1) is 0 Å². The summed E-state index contributed by atoms with van der Waals surface area (Å²) in [5, 5.41) is 9.59. The molecule has 0 fully saturated rings. The van der Waals surface area contributed by atoms with E-state index in [9.17, 15) is 9.82 Å². The van der Waals surface area contributed by atoms with E-state index in [0.717, 1.165) is 22.2 Å². The average molecular weight is 252 g/mol. The van der Waals surface area contributed by atoms with Gasteiger partial charge in [-0.2, -0.15) is 0 Å². The van der Waals surface area contributed by atoms with Gasteiger partial charge in [0.15, 0.2) is 5.78 Å². The van der Waals surface area contributed by atoms with E-state index in [-0.39, 0.29) is 5.78 Å². The van der Waals surface area contributed by atoms with Crippen molar-refractivity contribution in [1.29, 1.82) is 0 Å². The van der Waals surface area contributed by atoms with Gasteiger partial charge in [0.05, 0.1) is 6.61 Å². The fourth-order valence-electron chi connectivity index (χ4n) is 2.33. The first-order chi connectivity index (χ1) is 9.15. The van der Waals surface area contributed by atoms with Crippen LogP contribution in [0.5, 0.6) is 0 Å². The third-order valence-corrected chi connectivity index (χ3v) is 3.41. The first-order valence-electron chi connectivity index (χ1n) is 6.19. The fourth-order valence-corrected chi connectivity index (χ4v) is 2.33. The molecule has 1 aliphatic heterocycles. The van der Waals surface area contributed by atoms with Gasteiger partial charge in [0, 0.05) is 5.56 Å². The Bertz CT molecular complexity index is 652. The molecule has 0 radical (unpaired) electrons. The Morgan fingerprint density at radius 1 is 1.21 bits per heavy atom. The van der Waals surface area contributed by atoms with Gasteiger partial charge in [0.1, 0.15) is 0 Å². The minimum atomic E-state index is -0.812. The van der Waals surface area contributed by atoms with Crippen LogP contribution in [-0.2, 0) is 11.3 Å². The van der Waals surface area contributed by atoms with Crippen LogP contribution in [0.4, 0.5) is 0 Å². The van der Waals surface area contributed by atoms with Crippen LogP contribution in [-0.4, -0.2) is 17.9 Å². The van der Waals surface area contributed by atoms with E-state index in [2.05, 4.69) is 0 Å². The molecule has 0 aliphatic carbocycles. The summed E-state index contributed by atoms with van der Waals surface area (Å²) in [6.45, 7) is 1.99. The molecule has 3 rings (SSSR count). The molecular weight excluding hydrogens is 239 g/mol. The van der Waals surface area contributed by atoms with Crippen LogP contribution < -0.4 is 5.46 Å². The highest BCUT2D eigenvalue weighted by molar-refractivity contribution is 6.61. The number of fused-ring (bicyclic) bond motifs is 1. The largest absolute Gasteiger partial charge is 0.491 e. The van der Waals surface area contributed by atoms with Gasteiger partial charge in [0.25, 0.3) is 0 Å². The maximum atomic E-state index is 11.4. The zero-order chi connectivity index (χ0) is 13.4. The van der Waals surface area contributed by atoms with Gasteiger partial charge in [0.2, 0.25) is 0 Å². The molecule has 2 aromatic rings. The maximum absolute atomic E-state index is 11.4. The lowest BCUT2D eigenvalue weighted by molar-refractivity contribution is 0.101. The van der Waals surface area contributed by atoms with Crippen LogP contribution in [0.2, 0.25) is 0 Å². The molecule has 0 atom stereocenters. The van der Waals surface area contributed by atoms with Gasteiger partial charge in [-0.3, -0.25) is 4.79 Å². The van der Waals surface area contributed by atoms with Crippen molar-refractivity contribution in [1.82, 2.24) is 0 Å². The maximum Gasteiger partial charge on any atom is 0.491 e. The molecule has 3 nitrogen and oxygen atoms in total. The molecule has 0 unspecified atom stereocenters. The third kappa shape index (κ3) is 2.20. The Morgan fingerprint density at radius 2 is 2.00 bits per heavy atom. The quantitative estimate of drug-likeness (QED) is 0.654. The molecule has 2 aromatic carbocycles. The van der Waals surface area contributed by atoms with Crippen LogP contribution in [0.1, 0.15) is 22.8 Å². The average Bonchev–Trinajstić information content (AvgIpc) is 2.80. The van der Waals surface area contributed by atoms with E-state index in [0.29, 0.717) is 12.2 Å². The molecule has 4 heteroatoms. The highest BCUT2D eigenvalue weighted by atomic mass is 16.5. The van der Waals surface area contributed by atoms with Crippen molar-refractivity contribution in [2.24, 2.45) is 0 Å². The van der Waals surface area contributed by atoms with Crippen LogP contribution in [0.3, 0.4) is 0 Å². The standard InChI is InChI=1S/C15H13BO3/c1-10(17)11-3-2-4-12(7-11)13-5-6-15-14(8-13)9-19-16(15)18/h2-8,18H,9H2,1H3. The Kier molecular flexibility index (Phi) is 2.97. The van der Waals surface area contributed by atoms with Gasteiger partial charge < -0.3 is 9.68 Å². The monoisotopic (exact) mass is 252 g/mol. The van der Waals surface area contributed by atoms with E-state index >= 15 is 0 Å². The zero-order valence-electron chi connectivity index (χ0n) is 10.6. The Morgan fingerprint density at radius 3 is 2.79 bits per heavy atom. The van der Waals surface area contributed by atoms with Crippen molar-refractivity contribution >= 4 is 18.4 Å². The minimum Gasteiger partial charge on any atom is -0.423 e. The summed E-state index contributed by atoms with van der Waals surface area (Å²) in [7, 11) is -0.812. The lowest BCUT2D eigenvalue weighted by Gasteiger charge is -2.06. The summed E-state index contributed by atoms with van der Waals surface area (Å²) in [6.07, 6.45) is 0. The zero-order valence-corrected chi connectivity index (χ0v) is 10.6. The Labute approximate surface area is 112 Å². The molecule has 1 heterocycles. The smallest absolute Gasteiger partial charge is 0.423 e. The van der Waals surface area contributed by atoms with Crippen LogP contribution >= 0.6 is 0 Å². The van der Waals surface area contributed by atoms with Crippen molar-refractivity contribution < 1.29 is 14.5 Å². The molecule has 1 aliphatic rings. The Hall–Kier alpha value is -1.91. The number of benzene rings is 2. The summed E-state index contributed by atoms with van der Waals surface area (Å²) in [4.78, 5) is 11.4. The number of carbonyl (C=O) groups excluding carboxylic acids is 1. The second-order valence-corrected chi connectivity index (χ2v) is 4.71. The fraction of sp³-hybridized carbons (Fsp3) is 0.133. The number of ketones is 1. The summed E-state index contributed by atoms with van der Waals surface area (Å²) in [5.74, 6) is 0.0572. The van der Waals surface area contributed by atoms with Crippen molar-refractivity contribution in [3.63, 3.8) is 0 Å². The molecule has 94 valence electrons. The summed E-state index contributed by atoms with van der Waals surface area (Å²) in [6, 6.07) is 13.4. The molecule has 0 amide bonds. The minimum absolute atomic E-state index is 0.0572. The van der Waals surface area contributed by atoms with Gasteiger partial charge in [-0.1, -0.05) is 30.3 Å². The van der Waals surface area contributed by atoms with Gasteiger partial charge in [-0.15, -0.1) is 0 Å². The van der Waals surface area contributed by atoms with Crippen molar-refractivity contribution in [3.05, 3.63) is 53.6 Å². The first-order valence-corrected chi connectivity index (χ1v) is 6.19. The summed E-state index contributed by atoms with van der Waals surface area (Å²) in [5.41, 5.74) is 4.55. The van der Waals surface area contributed by atoms with E-state index in [4.69, 9.17) is 4.65 Å². The SMILES string of the molecule is CC(=O)c1cccc(-c2ccc3c(c2)COB3O)c1. The van der Waals surface area contributed by atoms with Gasteiger partial charge in [-0.05, 0) is 41.2 Å². The van der Waals surface area contributed by atoms with Crippen molar-refractivity contribution in [3.8, 4) is 11.1 Å². The lowest BCUT2D eigenvalue weighted by atomic mass is 9.79. The third-order valence-electron chi connectivity index (χ3n) is 3.41. The highest BCUT2D eigenvalue weighted by Crippen LogP contribution is 2.23. The van der Waals surface area contributed by atoms with Crippen LogP contribution in [0.15, 0.2) is 42.5 Å². The molecule has 0 saturated carbocycles. The van der Waals surface area contributed by atoms with E-state index < -0.39 is 7.12 Å². The molecule has 1 N–H and O–H groups in total. The number of hydrogen-bond donors (Lipinski definition) is 1. The molecule has 19 heavy (non-hydrogen) atoms. The van der Waals surface area contributed by atoms with Gasteiger partial charge in [-0.25, -0.2) is 0 Å². The highest BCUT2D eigenvalue weighted by Gasteiger charge is 2.27. The predicted octanol–water partition coefficient (Wildman–Crippen LogP) is 1.77. The van der Waals surface area contributed by atoms with Gasteiger partial charge >= 0.3 is 7.12 Å².